The van der Waals surface area contributed by atoms with Crippen molar-refractivity contribution in [3.63, 3.8) is 0 Å². The van der Waals surface area contributed by atoms with Gasteiger partial charge in [0, 0.05) is 19.3 Å². The SMILES string of the molecule is C[C@@H](Sc1ccc(S(=O)(=O)N2CCCCC2)cn1)c1nnnn1-c1ccccc1. The summed E-state index contributed by atoms with van der Waals surface area (Å²) >= 11 is 1.48. The second-order valence-electron chi connectivity index (χ2n) is 6.84. The normalized spacial score (nSPS) is 16.6. The van der Waals surface area contributed by atoms with Gasteiger partial charge in [-0.05, 0) is 54.5 Å². The van der Waals surface area contributed by atoms with E-state index in [2.05, 4.69) is 20.5 Å². The standard InChI is InChI=1S/C19H22N6O2S2/c1-15(19-21-22-23-25(19)16-8-4-2-5-9-16)28-18-11-10-17(14-20-18)29(26,27)24-12-6-3-7-13-24/h2,4-5,8-11,14-15H,3,6-7,12-13H2,1H3/t15-/m1/s1. The van der Waals surface area contributed by atoms with Crippen molar-refractivity contribution in [1.82, 2.24) is 29.5 Å². The van der Waals surface area contributed by atoms with Crippen LogP contribution in [0.5, 0.6) is 0 Å². The van der Waals surface area contributed by atoms with E-state index in [9.17, 15) is 8.42 Å². The van der Waals surface area contributed by atoms with Gasteiger partial charge in [-0.1, -0.05) is 36.4 Å². The van der Waals surface area contributed by atoms with Crippen molar-refractivity contribution in [2.75, 3.05) is 13.1 Å². The fourth-order valence-corrected chi connectivity index (χ4v) is 5.62. The molecule has 0 aliphatic carbocycles. The minimum Gasteiger partial charge on any atom is -0.249 e. The number of tetrazole rings is 1. The maximum absolute atomic E-state index is 12.8. The predicted octanol–water partition coefficient (Wildman–Crippen LogP) is 3.09. The first-order chi connectivity index (χ1) is 14.1. The van der Waals surface area contributed by atoms with Crippen LogP contribution in [0, 0.1) is 0 Å². The van der Waals surface area contributed by atoms with Crippen molar-refractivity contribution in [2.24, 2.45) is 0 Å². The van der Waals surface area contributed by atoms with Crippen molar-refractivity contribution in [2.45, 2.75) is 41.4 Å². The third kappa shape index (κ3) is 4.34. The molecule has 0 saturated carbocycles. The fraction of sp³-hybridized carbons (Fsp3) is 0.368. The third-order valence-electron chi connectivity index (χ3n) is 4.82. The van der Waals surface area contributed by atoms with Crippen LogP contribution in [0.4, 0.5) is 0 Å². The molecule has 0 radical (unpaired) electrons. The summed E-state index contributed by atoms with van der Waals surface area (Å²) in [6.07, 6.45) is 4.35. The number of para-hydroxylation sites is 1. The van der Waals surface area contributed by atoms with Gasteiger partial charge in [-0.3, -0.25) is 0 Å². The van der Waals surface area contributed by atoms with E-state index in [0.717, 1.165) is 30.0 Å². The van der Waals surface area contributed by atoms with E-state index < -0.39 is 10.0 Å². The number of nitrogens with zero attached hydrogens (tertiary/aromatic N) is 6. The lowest BCUT2D eigenvalue weighted by Gasteiger charge is -2.25. The first kappa shape index (κ1) is 20.0. The Balaban J connectivity index is 1.49. The van der Waals surface area contributed by atoms with Gasteiger partial charge < -0.3 is 0 Å². The lowest BCUT2D eigenvalue weighted by atomic mass is 10.2. The molecule has 1 aliphatic heterocycles. The molecule has 29 heavy (non-hydrogen) atoms. The molecular weight excluding hydrogens is 408 g/mol. The molecule has 0 bridgehead atoms. The molecule has 4 rings (SSSR count). The zero-order chi connectivity index (χ0) is 20.3. The zero-order valence-electron chi connectivity index (χ0n) is 16.0. The van der Waals surface area contributed by atoms with Crippen molar-refractivity contribution in [3.8, 4) is 5.69 Å². The molecule has 1 atom stereocenters. The zero-order valence-corrected chi connectivity index (χ0v) is 17.7. The molecule has 3 aromatic rings. The second kappa shape index (κ2) is 8.60. The average Bonchev–Trinajstić information content (AvgIpc) is 3.26. The molecule has 0 N–H and O–H groups in total. The summed E-state index contributed by atoms with van der Waals surface area (Å²) in [6.45, 7) is 3.16. The number of thioether (sulfide) groups is 1. The minimum atomic E-state index is -3.47. The van der Waals surface area contributed by atoms with Crippen LogP contribution < -0.4 is 0 Å². The Hall–Kier alpha value is -2.30. The van der Waals surface area contributed by atoms with E-state index >= 15 is 0 Å². The number of hydrogen-bond donors (Lipinski definition) is 0. The molecule has 0 unspecified atom stereocenters. The van der Waals surface area contributed by atoms with Crippen LogP contribution in [0.1, 0.15) is 37.3 Å². The number of hydrogen-bond acceptors (Lipinski definition) is 7. The van der Waals surface area contributed by atoms with Gasteiger partial charge in [-0.15, -0.1) is 5.10 Å². The highest BCUT2D eigenvalue weighted by Gasteiger charge is 2.26. The van der Waals surface area contributed by atoms with Crippen LogP contribution in [-0.4, -0.2) is 51.0 Å². The molecule has 1 aromatic carbocycles. The Kier molecular flexibility index (Phi) is 5.93. The van der Waals surface area contributed by atoms with Gasteiger partial charge in [0.15, 0.2) is 5.82 Å². The molecule has 10 heteroatoms. The molecule has 1 saturated heterocycles. The molecular formula is C19H22N6O2S2. The molecule has 8 nitrogen and oxygen atoms in total. The fourth-order valence-electron chi connectivity index (χ4n) is 3.28. The highest BCUT2D eigenvalue weighted by Crippen LogP contribution is 2.33. The van der Waals surface area contributed by atoms with Crippen molar-refractivity contribution in [3.05, 3.63) is 54.5 Å². The van der Waals surface area contributed by atoms with E-state index in [1.165, 1.54) is 18.0 Å². The molecule has 0 spiro atoms. The smallest absolute Gasteiger partial charge is 0.244 e. The third-order valence-corrected chi connectivity index (χ3v) is 7.75. The lowest BCUT2D eigenvalue weighted by Crippen LogP contribution is -2.35. The van der Waals surface area contributed by atoms with Crippen LogP contribution in [0.25, 0.3) is 5.69 Å². The maximum Gasteiger partial charge on any atom is 0.244 e. The highest BCUT2D eigenvalue weighted by molar-refractivity contribution is 7.99. The van der Waals surface area contributed by atoms with E-state index in [1.54, 1.807) is 21.1 Å². The second-order valence-corrected chi connectivity index (χ2v) is 10.1. The summed E-state index contributed by atoms with van der Waals surface area (Å²) < 4.78 is 28.8. The summed E-state index contributed by atoms with van der Waals surface area (Å²) in [4.78, 5) is 4.61. The maximum atomic E-state index is 12.8. The van der Waals surface area contributed by atoms with Crippen molar-refractivity contribution in [1.29, 1.82) is 0 Å². The molecule has 0 amide bonds. The highest BCUT2D eigenvalue weighted by atomic mass is 32.2. The molecule has 1 aliphatic rings. The first-order valence-corrected chi connectivity index (χ1v) is 11.8. The van der Waals surface area contributed by atoms with Crippen LogP contribution in [0.2, 0.25) is 0 Å². The Morgan fingerprint density at radius 2 is 1.79 bits per heavy atom. The Labute approximate surface area is 174 Å². The van der Waals surface area contributed by atoms with E-state index in [0.29, 0.717) is 18.9 Å². The molecule has 2 aromatic heterocycles. The molecule has 3 heterocycles. The van der Waals surface area contributed by atoms with Crippen LogP contribution in [-0.2, 0) is 10.0 Å². The molecule has 152 valence electrons. The summed E-state index contributed by atoms with van der Waals surface area (Å²) in [7, 11) is -3.47. The topological polar surface area (TPSA) is 93.9 Å². The lowest BCUT2D eigenvalue weighted by molar-refractivity contribution is 0.346. The summed E-state index contributed by atoms with van der Waals surface area (Å²) in [6, 6.07) is 13.1. The monoisotopic (exact) mass is 430 g/mol. The van der Waals surface area contributed by atoms with Gasteiger partial charge >= 0.3 is 0 Å². The van der Waals surface area contributed by atoms with Crippen molar-refractivity contribution < 1.29 is 8.42 Å². The Bertz CT molecular complexity index is 1050. The van der Waals surface area contributed by atoms with Gasteiger partial charge in [-0.2, -0.15) is 8.99 Å². The Morgan fingerprint density at radius 1 is 1.03 bits per heavy atom. The quantitative estimate of drug-likeness (QED) is 0.555. The van der Waals surface area contributed by atoms with E-state index in [1.807, 2.05) is 37.3 Å². The predicted molar refractivity (Wildman–Crippen MR) is 110 cm³/mol. The summed E-state index contributed by atoms with van der Waals surface area (Å²) in [5, 5.41) is 12.7. The number of piperidine rings is 1. The van der Waals surface area contributed by atoms with E-state index in [-0.39, 0.29) is 10.1 Å². The van der Waals surface area contributed by atoms with Crippen LogP contribution >= 0.6 is 11.8 Å². The van der Waals surface area contributed by atoms with Gasteiger partial charge in [0.2, 0.25) is 10.0 Å². The first-order valence-electron chi connectivity index (χ1n) is 9.52. The summed E-state index contributed by atoms with van der Waals surface area (Å²) in [5.74, 6) is 0.702. The van der Waals surface area contributed by atoms with Crippen LogP contribution in [0.15, 0.2) is 58.6 Å². The average molecular weight is 431 g/mol. The Morgan fingerprint density at radius 3 is 2.48 bits per heavy atom. The molecule has 1 fully saturated rings. The minimum absolute atomic E-state index is 0.0674. The number of aromatic nitrogens is 5. The number of sulfonamides is 1. The van der Waals surface area contributed by atoms with Gasteiger partial charge in [0.25, 0.3) is 0 Å². The van der Waals surface area contributed by atoms with E-state index in [4.69, 9.17) is 0 Å². The van der Waals surface area contributed by atoms with Gasteiger partial charge in [0.1, 0.15) is 4.90 Å². The van der Waals surface area contributed by atoms with Crippen LogP contribution in [0.3, 0.4) is 0 Å². The largest absolute Gasteiger partial charge is 0.249 e. The van der Waals surface area contributed by atoms with Gasteiger partial charge in [-0.25, -0.2) is 13.4 Å². The summed E-state index contributed by atoms with van der Waals surface area (Å²) in [5.41, 5.74) is 0.885. The van der Waals surface area contributed by atoms with Gasteiger partial charge in [0.05, 0.1) is 16.0 Å². The van der Waals surface area contributed by atoms with Crippen molar-refractivity contribution >= 4 is 21.8 Å². The number of pyridine rings is 1. The number of rotatable bonds is 6. The number of benzene rings is 1.